The number of halogens is 1. The summed E-state index contributed by atoms with van der Waals surface area (Å²) in [6, 6.07) is 11.1. The summed E-state index contributed by atoms with van der Waals surface area (Å²) in [5, 5.41) is 15.0. The molecule has 0 bridgehead atoms. The second-order valence-corrected chi connectivity index (χ2v) is 6.60. The molecule has 2 heterocycles. The molecule has 0 atom stereocenters. The van der Waals surface area contributed by atoms with Crippen molar-refractivity contribution < 1.29 is 9.63 Å². The Bertz CT molecular complexity index is 1030. The second-order valence-electron chi connectivity index (χ2n) is 6.17. The van der Waals surface area contributed by atoms with Gasteiger partial charge in [0.15, 0.2) is 5.76 Å². The highest BCUT2D eigenvalue weighted by Crippen LogP contribution is 2.38. The van der Waals surface area contributed by atoms with Crippen molar-refractivity contribution in [3.8, 4) is 11.3 Å². The van der Waals surface area contributed by atoms with Crippen LogP contribution < -0.4 is 0 Å². The van der Waals surface area contributed by atoms with Gasteiger partial charge in [-0.15, -0.1) is 0 Å². The van der Waals surface area contributed by atoms with E-state index in [2.05, 4.69) is 22.3 Å². The lowest BCUT2D eigenvalue weighted by molar-refractivity contribution is 0.412. The summed E-state index contributed by atoms with van der Waals surface area (Å²) in [5.41, 5.74) is 4.56. The fourth-order valence-corrected chi connectivity index (χ4v) is 3.26. The number of rotatable bonds is 4. The number of hydrogen-bond donors (Lipinski definition) is 1. The van der Waals surface area contributed by atoms with Crippen molar-refractivity contribution >= 4 is 22.7 Å². The van der Waals surface area contributed by atoms with Gasteiger partial charge in [-0.1, -0.05) is 53.2 Å². The van der Waals surface area contributed by atoms with Gasteiger partial charge >= 0.3 is 0 Å². The van der Waals surface area contributed by atoms with E-state index >= 15 is 0 Å². The lowest BCUT2D eigenvalue weighted by Crippen LogP contribution is -1.96. The molecule has 1 aliphatic rings. The maximum absolute atomic E-state index is 10.1. The zero-order valence-corrected chi connectivity index (χ0v) is 15.2. The van der Waals surface area contributed by atoms with Crippen LogP contribution in [0.15, 0.2) is 77.8 Å². The monoisotopic (exact) mass is 376 g/mol. The smallest absolute Gasteiger partial charge is 0.175 e. The van der Waals surface area contributed by atoms with Crippen molar-refractivity contribution in [3.63, 3.8) is 0 Å². The fraction of sp³-hybridized carbons (Fsp3) is 0.0909. The number of aromatic nitrogens is 2. The number of benzene rings is 1. The molecule has 0 fully saturated rings. The van der Waals surface area contributed by atoms with Crippen molar-refractivity contribution in [2.24, 2.45) is 0 Å². The highest BCUT2D eigenvalue weighted by atomic mass is 35.5. The Labute approximate surface area is 162 Å². The highest BCUT2D eigenvalue weighted by Gasteiger charge is 2.24. The zero-order valence-electron chi connectivity index (χ0n) is 14.5. The van der Waals surface area contributed by atoms with Crippen LogP contribution in [-0.2, 0) is 0 Å². The Kier molecular flexibility index (Phi) is 4.90. The largest absolute Gasteiger partial charge is 0.515 e. The first-order chi connectivity index (χ1) is 13.3. The molecule has 0 radical (unpaired) electrons. The molecule has 1 N–H and O–H groups in total. The number of allylic oxidation sites excluding steroid dienone is 4. The van der Waals surface area contributed by atoms with Gasteiger partial charge in [0.25, 0.3) is 0 Å². The zero-order chi connectivity index (χ0) is 18.6. The molecule has 0 saturated carbocycles. The first-order valence-electron chi connectivity index (χ1n) is 8.66. The van der Waals surface area contributed by atoms with Crippen molar-refractivity contribution in [2.45, 2.75) is 12.8 Å². The van der Waals surface area contributed by atoms with Crippen LogP contribution in [0, 0.1) is 0 Å². The predicted octanol–water partition coefficient (Wildman–Crippen LogP) is 6.07. The first kappa shape index (κ1) is 17.3. The molecule has 4 rings (SSSR count). The van der Waals surface area contributed by atoms with E-state index in [-0.39, 0.29) is 0 Å². The molecule has 4 nitrogen and oxygen atoms in total. The number of aliphatic hydroxyl groups excluding tert-OH is 1. The normalized spacial score (nSPS) is 14.3. The van der Waals surface area contributed by atoms with Crippen LogP contribution in [0.1, 0.15) is 29.7 Å². The van der Waals surface area contributed by atoms with Gasteiger partial charge in [0, 0.05) is 39.7 Å². The Morgan fingerprint density at radius 3 is 2.67 bits per heavy atom. The molecule has 27 heavy (non-hydrogen) atoms. The van der Waals surface area contributed by atoms with E-state index in [1.54, 1.807) is 24.5 Å². The Morgan fingerprint density at radius 2 is 2.00 bits per heavy atom. The third-order valence-corrected chi connectivity index (χ3v) is 4.69. The number of hydrogen-bond acceptors (Lipinski definition) is 4. The van der Waals surface area contributed by atoms with E-state index in [9.17, 15) is 5.11 Å². The molecule has 0 spiro atoms. The minimum Gasteiger partial charge on any atom is -0.515 e. The standard InChI is InChI=1S/C22H17ClN2O2/c23-18-10-8-15(9-11-18)21-20(19(14-26)17-7-4-12-24-13-17)22(27-25-21)16-5-2-1-3-6-16/h2,4-14,26H,1,3H2/b19-14+. The maximum atomic E-state index is 10.1. The van der Waals surface area contributed by atoms with Crippen LogP contribution in [0.25, 0.3) is 22.4 Å². The maximum Gasteiger partial charge on any atom is 0.175 e. The lowest BCUT2D eigenvalue weighted by atomic mass is 9.92. The lowest BCUT2D eigenvalue weighted by Gasteiger charge is -2.10. The van der Waals surface area contributed by atoms with Crippen LogP contribution in [-0.4, -0.2) is 15.2 Å². The van der Waals surface area contributed by atoms with Crippen LogP contribution >= 0.6 is 11.6 Å². The Balaban J connectivity index is 1.93. The topological polar surface area (TPSA) is 59.2 Å². The molecule has 0 amide bonds. The van der Waals surface area contributed by atoms with Crippen LogP contribution in [0.4, 0.5) is 0 Å². The average molecular weight is 377 g/mol. The molecule has 0 unspecified atom stereocenters. The molecule has 1 aliphatic carbocycles. The predicted molar refractivity (Wildman–Crippen MR) is 107 cm³/mol. The van der Waals surface area contributed by atoms with E-state index in [0.717, 1.165) is 41.4 Å². The molecular formula is C22H17ClN2O2. The number of aliphatic hydroxyl groups is 1. The first-order valence-corrected chi connectivity index (χ1v) is 9.03. The van der Waals surface area contributed by atoms with Gasteiger partial charge in [0.05, 0.1) is 11.8 Å². The second kappa shape index (κ2) is 7.64. The molecule has 2 aromatic heterocycles. The summed E-state index contributed by atoms with van der Waals surface area (Å²) in [6.07, 6.45) is 12.7. The van der Waals surface area contributed by atoms with Crippen molar-refractivity contribution in [3.05, 3.63) is 95.2 Å². The molecule has 5 heteroatoms. The van der Waals surface area contributed by atoms with Crippen LogP contribution in [0.2, 0.25) is 5.02 Å². The SMILES string of the molecule is O/C=C(\c1cccnc1)c1c(-c2ccc(Cl)cc2)noc1C1=CCCC=C1. The molecule has 0 aliphatic heterocycles. The summed E-state index contributed by atoms with van der Waals surface area (Å²) in [4.78, 5) is 4.17. The van der Waals surface area contributed by atoms with E-state index in [1.807, 2.05) is 30.3 Å². The van der Waals surface area contributed by atoms with Crippen LogP contribution in [0.5, 0.6) is 0 Å². The molecule has 134 valence electrons. The van der Waals surface area contributed by atoms with Crippen molar-refractivity contribution in [1.29, 1.82) is 0 Å². The van der Waals surface area contributed by atoms with E-state index < -0.39 is 0 Å². The molecule has 3 aromatic rings. The van der Waals surface area contributed by atoms with Gasteiger partial charge in [0.2, 0.25) is 0 Å². The highest BCUT2D eigenvalue weighted by molar-refractivity contribution is 6.30. The Morgan fingerprint density at radius 1 is 1.15 bits per heavy atom. The summed E-state index contributed by atoms with van der Waals surface area (Å²) < 4.78 is 5.75. The minimum atomic E-state index is 0.601. The van der Waals surface area contributed by atoms with Gasteiger partial charge in [-0.25, -0.2) is 0 Å². The van der Waals surface area contributed by atoms with Gasteiger partial charge in [0.1, 0.15) is 5.69 Å². The molecule has 1 aromatic carbocycles. The van der Waals surface area contributed by atoms with Gasteiger partial charge in [-0.05, 0) is 31.0 Å². The number of pyridine rings is 1. The Hall–Kier alpha value is -3.11. The van der Waals surface area contributed by atoms with E-state index in [0.29, 0.717) is 22.0 Å². The van der Waals surface area contributed by atoms with Crippen LogP contribution in [0.3, 0.4) is 0 Å². The molecule has 0 saturated heterocycles. The summed E-state index contributed by atoms with van der Waals surface area (Å²) in [6.45, 7) is 0. The molecular weight excluding hydrogens is 360 g/mol. The van der Waals surface area contributed by atoms with Gasteiger partial charge < -0.3 is 9.63 Å². The van der Waals surface area contributed by atoms with Crippen molar-refractivity contribution in [2.75, 3.05) is 0 Å². The third-order valence-electron chi connectivity index (χ3n) is 4.44. The van der Waals surface area contributed by atoms with Crippen molar-refractivity contribution in [1.82, 2.24) is 10.1 Å². The number of nitrogens with zero attached hydrogens (tertiary/aromatic N) is 2. The minimum absolute atomic E-state index is 0.601. The fourth-order valence-electron chi connectivity index (χ4n) is 3.13. The van der Waals surface area contributed by atoms with Gasteiger partial charge in [-0.2, -0.15) is 0 Å². The van der Waals surface area contributed by atoms with Gasteiger partial charge in [-0.3, -0.25) is 4.98 Å². The summed E-state index contributed by atoms with van der Waals surface area (Å²) in [5.74, 6) is 0.625. The van der Waals surface area contributed by atoms with E-state index in [4.69, 9.17) is 16.1 Å². The van der Waals surface area contributed by atoms with E-state index in [1.165, 1.54) is 0 Å². The summed E-state index contributed by atoms with van der Waals surface area (Å²) in [7, 11) is 0. The average Bonchev–Trinajstić information content (AvgIpc) is 3.15. The third kappa shape index (κ3) is 3.44. The summed E-state index contributed by atoms with van der Waals surface area (Å²) >= 11 is 6.03. The quantitative estimate of drug-likeness (QED) is 0.561.